The number of hydrogen-bond acceptors (Lipinski definition) is 4. The molecule has 0 radical (unpaired) electrons. The Kier molecular flexibility index (Phi) is 3.65. The van der Waals surface area contributed by atoms with Gasteiger partial charge in [0.25, 0.3) is 0 Å². The lowest BCUT2D eigenvalue weighted by Gasteiger charge is -2.22. The van der Waals surface area contributed by atoms with Crippen LogP contribution in [-0.2, 0) is 12.7 Å². The van der Waals surface area contributed by atoms with Crippen molar-refractivity contribution in [1.29, 1.82) is 0 Å². The SMILES string of the molecule is CC(C)(CO)Cn1nnc(C(=O)O)c1C(F)(F)F. The van der Waals surface area contributed by atoms with E-state index in [0.717, 1.165) is 0 Å². The van der Waals surface area contributed by atoms with E-state index >= 15 is 0 Å². The van der Waals surface area contributed by atoms with E-state index in [0.29, 0.717) is 4.68 Å². The van der Waals surface area contributed by atoms with Crippen LogP contribution in [0.15, 0.2) is 0 Å². The first-order valence-corrected chi connectivity index (χ1v) is 4.93. The highest BCUT2D eigenvalue weighted by molar-refractivity contribution is 5.86. The number of carboxylic acids is 1. The molecule has 0 unspecified atom stereocenters. The Balaban J connectivity index is 3.26. The molecule has 9 heteroatoms. The topological polar surface area (TPSA) is 88.2 Å². The standard InChI is InChI=1S/C9H12F3N3O3/c1-8(2,4-16)3-15-6(9(10,11)12)5(7(17)18)13-14-15/h16H,3-4H2,1-2H3,(H,17,18). The third-order valence-electron chi connectivity index (χ3n) is 2.21. The van der Waals surface area contributed by atoms with Crippen LogP contribution in [-0.4, -0.2) is 37.8 Å². The van der Waals surface area contributed by atoms with Gasteiger partial charge in [-0.05, 0) is 0 Å². The molecule has 0 aromatic carbocycles. The summed E-state index contributed by atoms with van der Waals surface area (Å²) in [7, 11) is 0. The molecule has 1 aromatic heterocycles. The molecule has 1 aromatic rings. The molecule has 1 heterocycles. The molecule has 2 N–H and O–H groups in total. The van der Waals surface area contributed by atoms with E-state index in [1.54, 1.807) is 0 Å². The minimum Gasteiger partial charge on any atom is -0.476 e. The van der Waals surface area contributed by atoms with Crippen molar-refractivity contribution in [2.24, 2.45) is 5.41 Å². The van der Waals surface area contributed by atoms with Crippen molar-refractivity contribution in [3.8, 4) is 0 Å². The largest absolute Gasteiger partial charge is 0.476 e. The zero-order valence-electron chi connectivity index (χ0n) is 9.69. The smallest absolute Gasteiger partial charge is 0.435 e. The van der Waals surface area contributed by atoms with Gasteiger partial charge < -0.3 is 10.2 Å². The van der Waals surface area contributed by atoms with E-state index in [9.17, 15) is 18.0 Å². The van der Waals surface area contributed by atoms with Crippen molar-refractivity contribution in [3.05, 3.63) is 11.4 Å². The number of rotatable bonds is 4. The number of carbonyl (C=O) groups is 1. The highest BCUT2D eigenvalue weighted by Crippen LogP contribution is 2.32. The molecule has 1 rings (SSSR count). The van der Waals surface area contributed by atoms with Gasteiger partial charge in [-0.15, -0.1) is 5.10 Å². The number of alkyl halides is 3. The van der Waals surface area contributed by atoms with E-state index in [4.69, 9.17) is 10.2 Å². The average molecular weight is 267 g/mol. The lowest BCUT2D eigenvalue weighted by atomic mass is 9.95. The second-order valence-electron chi connectivity index (χ2n) is 4.57. The van der Waals surface area contributed by atoms with Crippen LogP contribution in [0.2, 0.25) is 0 Å². The Morgan fingerprint density at radius 2 is 1.94 bits per heavy atom. The van der Waals surface area contributed by atoms with Crippen LogP contribution in [0, 0.1) is 5.41 Å². The van der Waals surface area contributed by atoms with Gasteiger partial charge in [0.1, 0.15) is 0 Å². The van der Waals surface area contributed by atoms with Gasteiger partial charge in [-0.2, -0.15) is 13.2 Å². The molecule has 6 nitrogen and oxygen atoms in total. The Bertz CT molecular complexity index is 454. The highest BCUT2D eigenvalue weighted by Gasteiger charge is 2.42. The maximum Gasteiger partial charge on any atom is 0.435 e. The van der Waals surface area contributed by atoms with Crippen molar-refractivity contribution in [1.82, 2.24) is 15.0 Å². The van der Waals surface area contributed by atoms with Crippen molar-refractivity contribution < 1.29 is 28.2 Å². The van der Waals surface area contributed by atoms with Crippen LogP contribution in [0.1, 0.15) is 30.0 Å². The van der Waals surface area contributed by atoms with E-state index < -0.39 is 28.9 Å². The first kappa shape index (κ1) is 14.4. The number of aliphatic hydroxyl groups is 1. The monoisotopic (exact) mass is 267 g/mol. The Morgan fingerprint density at radius 3 is 2.33 bits per heavy atom. The predicted octanol–water partition coefficient (Wildman–Crippen LogP) is 1.01. The van der Waals surface area contributed by atoms with E-state index in [1.807, 2.05) is 0 Å². The number of carboxylic acid groups (broad SMARTS) is 1. The highest BCUT2D eigenvalue weighted by atomic mass is 19.4. The zero-order valence-corrected chi connectivity index (χ0v) is 9.69. The normalized spacial score (nSPS) is 12.8. The summed E-state index contributed by atoms with van der Waals surface area (Å²) in [5, 5.41) is 23.8. The second kappa shape index (κ2) is 4.56. The number of aromatic carboxylic acids is 1. The third-order valence-corrected chi connectivity index (χ3v) is 2.21. The van der Waals surface area contributed by atoms with Crippen LogP contribution in [0.25, 0.3) is 0 Å². The van der Waals surface area contributed by atoms with Gasteiger partial charge >= 0.3 is 12.1 Å². The van der Waals surface area contributed by atoms with Crippen LogP contribution < -0.4 is 0 Å². The quantitative estimate of drug-likeness (QED) is 0.850. The number of nitrogens with zero attached hydrogens (tertiary/aromatic N) is 3. The van der Waals surface area contributed by atoms with E-state index in [1.165, 1.54) is 13.8 Å². The van der Waals surface area contributed by atoms with Crippen LogP contribution in [0.3, 0.4) is 0 Å². The van der Waals surface area contributed by atoms with Gasteiger partial charge in [0.05, 0.1) is 6.54 Å². The maximum absolute atomic E-state index is 12.8. The first-order chi connectivity index (χ1) is 8.08. The lowest BCUT2D eigenvalue weighted by Crippen LogP contribution is -2.28. The van der Waals surface area contributed by atoms with E-state index in [-0.39, 0.29) is 13.2 Å². The molecular weight excluding hydrogens is 255 g/mol. The molecule has 0 atom stereocenters. The van der Waals surface area contributed by atoms with E-state index in [2.05, 4.69) is 10.3 Å². The molecule has 0 fully saturated rings. The van der Waals surface area contributed by atoms with Crippen molar-refractivity contribution in [2.75, 3.05) is 6.61 Å². The first-order valence-electron chi connectivity index (χ1n) is 4.93. The molecule has 0 saturated carbocycles. The van der Waals surface area contributed by atoms with Gasteiger partial charge in [0.15, 0.2) is 5.69 Å². The number of hydrogen-bond donors (Lipinski definition) is 2. The number of aromatic nitrogens is 3. The Hall–Kier alpha value is -1.64. The molecule has 102 valence electrons. The molecule has 0 amide bonds. The van der Waals surface area contributed by atoms with Crippen molar-refractivity contribution in [2.45, 2.75) is 26.6 Å². The zero-order chi connectivity index (χ0) is 14.1. The van der Waals surface area contributed by atoms with Crippen molar-refractivity contribution >= 4 is 5.97 Å². The molecular formula is C9H12F3N3O3. The average Bonchev–Trinajstić information content (AvgIpc) is 2.60. The van der Waals surface area contributed by atoms with Gasteiger partial charge in [-0.3, -0.25) is 0 Å². The van der Waals surface area contributed by atoms with Gasteiger partial charge in [0.2, 0.25) is 5.69 Å². The number of halogens is 3. The summed E-state index contributed by atoms with van der Waals surface area (Å²) in [6.07, 6.45) is -4.87. The third kappa shape index (κ3) is 2.97. The minimum absolute atomic E-state index is 0.293. The van der Waals surface area contributed by atoms with Crippen LogP contribution in [0.5, 0.6) is 0 Å². The lowest BCUT2D eigenvalue weighted by molar-refractivity contribution is -0.145. The van der Waals surface area contributed by atoms with Gasteiger partial charge in [0, 0.05) is 12.0 Å². The summed E-state index contributed by atoms with van der Waals surface area (Å²) < 4.78 is 38.7. The fourth-order valence-electron chi connectivity index (χ4n) is 1.30. The fourth-order valence-corrected chi connectivity index (χ4v) is 1.30. The summed E-state index contributed by atoms with van der Waals surface area (Å²) in [6, 6.07) is 0. The molecule has 0 aliphatic rings. The molecule has 0 saturated heterocycles. The van der Waals surface area contributed by atoms with Gasteiger partial charge in [-0.25, -0.2) is 9.48 Å². The molecule has 0 aliphatic carbocycles. The molecule has 18 heavy (non-hydrogen) atoms. The summed E-state index contributed by atoms with van der Waals surface area (Å²) in [6.45, 7) is 2.38. The molecule has 0 aliphatic heterocycles. The van der Waals surface area contributed by atoms with Crippen LogP contribution in [0.4, 0.5) is 13.2 Å². The summed E-state index contributed by atoms with van der Waals surface area (Å²) in [4.78, 5) is 10.7. The summed E-state index contributed by atoms with van der Waals surface area (Å²) in [5.74, 6) is -1.80. The second-order valence-corrected chi connectivity index (χ2v) is 4.57. The molecule has 0 bridgehead atoms. The van der Waals surface area contributed by atoms with Crippen molar-refractivity contribution in [3.63, 3.8) is 0 Å². The minimum atomic E-state index is -4.87. The Labute approximate surface area is 100 Å². The van der Waals surface area contributed by atoms with Gasteiger partial charge in [-0.1, -0.05) is 19.1 Å². The Morgan fingerprint density at radius 1 is 1.39 bits per heavy atom. The summed E-state index contributed by atoms with van der Waals surface area (Å²) in [5.41, 5.74) is -3.43. The predicted molar refractivity (Wildman–Crippen MR) is 52.9 cm³/mol. The fraction of sp³-hybridized carbons (Fsp3) is 0.667. The molecule has 0 spiro atoms. The number of aliphatic hydroxyl groups excluding tert-OH is 1. The summed E-state index contributed by atoms with van der Waals surface area (Å²) >= 11 is 0. The van der Waals surface area contributed by atoms with Crippen LogP contribution >= 0.6 is 0 Å². The maximum atomic E-state index is 12.8.